The van der Waals surface area contributed by atoms with Gasteiger partial charge in [-0.2, -0.15) is 10.2 Å². The normalized spacial score (nSPS) is 10.6. The molecule has 0 aliphatic carbocycles. The molecule has 0 aromatic carbocycles. The Hall–Kier alpha value is -1.41. The number of aromatic nitrogens is 3. The molecular weight excluding hydrogens is 190 g/mol. The van der Waals surface area contributed by atoms with Crippen molar-refractivity contribution in [1.82, 2.24) is 15.0 Å². The fraction of sp³-hybridized carbons (Fsp3) is 0.429. The minimum Gasteiger partial charge on any atom is -0.336 e. The van der Waals surface area contributed by atoms with Gasteiger partial charge in [0.05, 0.1) is 6.07 Å². The van der Waals surface area contributed by atoms with Gasteiger partial charge in [0.15, 0.2) is 0 Å². The second kappa shape index (κ2) is 3.54. The van der Waals surface area contributed by atoms with Gasteiger partial charge in [-0.25, -0.2) is 9.97 Å². The summed E-state index contributed by atoms with van der Waals surface area (Å²) in [5.74, 6) is 0.298. The first-order valence-electron chi connectivity index (χ1n) is 3.57. The van der Waals surface area contributed by atoms with Crippen LogP contribution in [-0.2, 0) is 0 Å². The van der Waals surface area contributed by atoms with E-state index in [9.17, 15) is 0 Å². The molecule has 1 N–H and O–H groups in total. The van der Waals surface area contributed by atoms with Crippen LogP contribution in [-0.4, -0.2) is 20.5 Å². The molecular formula is C7H8ClN5. The summed E-state index contributed by atoms with van der Waals surface area (Å²) >= 11 is 5.53. The van der Waals surface area contributed by atoms with Crippen molar-refractivity contribution in [1.29, 1.82) is 5.26 Å². The predicted molar refractivity (Wildman–Crippen MR) is 48.2 cm³/mol. The molecule has 0 atom stereocenters. The summed E-state index contributed by atoms with van der Waals surface area (Å²) in [5, 5.41) is 11.6. The third kappa shape index (κ3) is 2.84. The molecule has 0 saturated carbocycles. The number of hydrogen-bond acceptors (Lipinski definition) is 5. The summed E-state index contributed by atoms with van der Waals surface area (Å²) in [6, 6.07) is 2.05. The highest BCUT2D eigenvalue weighted by molar-refractivity contribution is 6.28. The molecule has 0 saturated heterocycles. The average Bonchev–Trinajstić information content (AvgIpc) is 2.03. The van der Waals surface area contributed by atoms with Crippen LogP contribution >= 0.6 is 11.6 Å². The number of nitrogens with zero attached hydrogens (tertiary/aromatic N) is 4. The second-order valence-corrected chi connectivity index (χ2v) is 3.28. The number of nitriles is 1. The standard InChI is InChI=1S/C7H8ClN5/c1-7(2,3-9)13-6-11-4-10-5(8)12-6/h4H,1-2H3,(H,10,11,12,13). The van der Waals surface area contributed by atoms with Crippen LogP contribution < -0.4 is 5.32 Å². The highest BCUT2D eigenvalue weighted by Gasteiger charge is 2.17. The molecule has 0 aliphatic heterocycles. The van der Waals surface area contributed by atoms with E-state index >= 15 is 0 Å². The third-order valence-corrected chi connectivity index (χ3v) is 1.43. The lowest BCUT2D eigenvalue weighted by Crippen LogP contribution is -2.29. The zero-order valence-corrected chi connectivity index (χ0v) is 8.00. The number of nitrogens with one attached hydrogen (secondary N) is 1. The van der Waals surface area contributed by atoms with Gasteiger partial charge in [-0.3, -0.25) is 0 Å². The van der Waals surface area contributed by atoms with E-state index in [1.165, 1.54) is 6.33 Å². The predicted octanol–water partition coefficient (Wildman–Crippen LogP) is 1.24. The summed E-state index contributed by atoms with van der Waals surface area (Å²) in [5.41, 5.74) is -0.718. The maximum Gasteiger partial charge on any atom is 0.228 e. The molecule has 0 unspecified atom stereocenters. The third-order valence-electron chi connectivity index (χ3n) is 1.25. The molecule has 1 aromatic heterocycles. The van der Waals surface area contributed by atoms with Crippen molar-refractivity contribution in [3.63, 3.8) is 0 Å². The summed E-state index contributed by atoms with van der Waals surface area (Å²) in [7, 11) is 0. The first-order valence-corrected chi connectivity index (χ1v) is 3.95. The molecule has 0 radical (unpaired) electrons. The second-order valence-electron chi connectivity index (χ2n) is 2.94. The largest absolute Gasteiger partial charge is 0.336 e. The van der Waals surface area contributed by atoms with Gasteiger partial charge in [-0.15, -0.1) is 0 Å². The number of rotatable bonds is 2. The van der Waals surface area contributed by atoms with Crippen LogP contribution in [0.5, 0.6) is 0 Å². The Labute approximate surface area is 80.8 Å². The number of halogens is 1. The van der Waals surface area contributed by atoms with Gasteiger partial charge < -0.3 is 5.32 Å². The molecule has 1 aromatic rings. The van der Waals surface area contributed by atoms with Gasteiger partial charge in [0.25, 0.3) is 0 Å². The summed E-state index contributed by atoms with van der Waals surface area (Å²) < 4.78 is 0. The van der Waals surface area contributed by atoms with Crippen LogP contribution in [0.4, 0.5) is 5.95 Å². The van der Waals surface area contributed by atoms with E-state index in [-0.39, 0.29) is 5.28 Å². The number of hydrogen-bond donors (Lipinski definition) is 1. The van der Waals surface area contributed by atoms with Crippen molar-refractivity contribution in [2.75, 3.05) is 5.32 Å². The highest BCUT2D eigenvalue weighted by atomic mass is 35.5. The van der Waals surface area contributed by atoms with Crippen LogP contribution in [0.2, 0.25) is 5.28 Å². The molecule has 13 heavy (non-hydrogen) atoms. The Morgan fingerprint density at radius 1 is 1.54 bits per heavy atom. The fourth-order valence-electron chi connectivity index (χ4n) is 0.644. The fourth-order valence-corrected chi connectivity index (χ4v) is 0.768. The summed E-state index contributed by atoms with van der Waals surface area (Å²) in [6.45, 7) is 3.43. The van der Waals surface area contributed by atoms with E-state index < -0.39 is 5.54 Å². The topological polar surface area (TPSA) is 74.5 Å². The molecule has 0 spiro atoms. The molecule has 0 aliphatic rings. The van der Waals surface area contributed by atoms with Crippen molar-refractivity contribution in [2.45, 2.75) is 19.4 Å². The average molecular weight is 198 g/mol. The maximum absolute atomic E-state index is 8.71. The number of anilines is 1. The molecule has 0 bridgehead atoms. The van der Waals surface area contributed by atoms with Crippen LogP contribution in [0.25, 0.3) is 0 Å². The molecule has 6 heteroatoms. The smallest absolute Gasteiger partial charge is 0.228 e. The van der Waals surface area contributed by atoms with E-state index in [2.05, 4.69) is 26.3 Å². The lowest BCUT2D eigenvalue weighted by Gasteiger charge is -2.16. The van der Waals surface area contributed by atoms with Gasteiger partial charge in [0.1, 0.15) is 11.9 Å². The minimum absolute atomic E-state index is 0.103. The Bertz CT molecular complexity index is 343. The van der Waals surface area contributed by atoms with E-state index in [4.69, 9.17) is 16.9 Å². The van der Waals surface area contributed by atoms with Gasteiger partial charge in [0, 0.05) is 0 Å². The van der Waals surface area contributed by atoms with Crippen LogP contribution in [0.1, 0.15) is 13.8 Å². The van der Waals surface area contributed by atoms with Gasteiger partial charge in [0.2, 0.25) is 11.2 Å². The summed E-state index contributed by atoms with van der Waals surface area (Å²) in [4.78, 5) is 11.2. The van der Waals surface area contributed by atoms with Crippen LogP contribution in [0, 0.1) is 11.3 Å². The zero-order chi connectivity index (χ0) is 9.90. The molecule has 1 rings (SSSR count). The van der Waals surface area contributed by atoms with Crippen molar-refractivity contribution < 1.29 is 0 Å². The van der Waals surface area contributed by atoms with Gasteiger partial charge in [-0.1, -0.05) is 0 Å². The van der Waals surface area contributed by atoms with E-state index in [1.54, 1.807) is 13.8 Å². The zero-order valence-electron chi connectivity index (χ0n) is 7.24. The Balaban J connectivity index is 2.82. The highest BCUT2D eigenvalue weighted by Crippen LogP contribution is 2.09. The van der Waals surface area contributed by atoms with E-state index in [0.717, 1.165) is 0 Å². The SMILES string of the molecule is CC(C)(C#N)Nc1ncnc(Cl)n1. The summed E-state index contributed by atoms with van der Waals surface area (Å²) in [6.07, 6.45) is 1.28. The van der Waals surface area contributed by atoms with Crippen LogP contribution in [0.15, 0.2) is 6.33 Å². The Kier molecular flexibility index (Phi) is 2.63. The van der Waals surface area contributed by atoms with Crippen molar-refractivity contribution >= 4 is 17.5 Å². The van der Waals surface area contributed by atoms with Crippen molar-refractivity contribution in [2.24, 2.45) is 0 Å². The first-order chi connectivity index (χ1) is 6.03. The van der Waals surface area contributed by atoms with Crippen molar-refractivity contribution in [3.8, 4) is 6.07 Å². The molecule has 68 valence electrons. The maximum atomic E-state index is 8.71. The lowest BCUT2D eigenvalue weighted by atomic mass is 10.1. The molecule has 0 amide bonds. The first kappa shape index (κ1) is 9.68. The quantitative estimate of drug-likeness (QED) is 0.772. The molecule has 5 nitrogen and oxygen atoms in total. The van der Waals surface area contributed by atoms with E-state index in [0.29, 0.717) is 5.95 Å². The Morgan fingerprint density at radius 3 is 2.77 bits per heavy atom. The molecule has 1 heterocycles. The van der Waals surface area contributed by atoms with E-state index in [1.807, 2.05) is 0 Å². The Morgan fingerprint density at radius 2 is 2.23 bits per heavy atom. The van der Waals surface area contributed by atoms with Gasteiger partial charge >= 0.3 is 0 Å². The van der Waals surface area contributed by atoms with Crippen molar-refractivity contribution in [3.05, 3.63) is 11.6 Å². The van der Waals surface area contributed by atoms with Gasteiger partial charge in [-0.05, 0) is 25.4 Å². The van der Waals surface area contributed by atoms with Crippen LogP contribution in [0.3, 0.4) is 0 Å². The minimum atomic E-state index is -0.718. The lowest BCUT2D eigenvalue weighted by molar-refractivity contribution is 0.715. The molecule has 0 fully saturated rings. The monoisotopic (exact) mass is 197 g/mol.